The van der Waals surface area contributed by atoms with Crippen molar-refractivity contribution in [3.63, 3.8) is 0 Å². The van der Waals surface area contributed by atoms with E-state index < -0.39 is 0 Å². The predicted molar refractivity (Wildman–Crippen MR) is 91.9 cm³/mol. The van der Waals surface area contributed by atoms with Crippen LogP contribution in [-0.2, 0) is 9.53 Å². The van der Waals surface area contributed by atoms with Gasteiger partial charge in [0.15, 0.2) is 0 Å². The van der Waals surface area contributed by atoms with Gasteiger partial charge in [-0.05, 0) is 49.8 Å². The van der Waals surface area contributed by atoms with Crippen molar-refractivity contribution in [1.29, 1.82) is 0 Å². The first-order valence-electron chi connectivity index (χ1n) is 8.44. The molecular weight excluding hydrogens is 328 g/mol. The van der Waals surface area contributed by atoms with Gasteiger partial charge < -0.3 is 15.4 Å². The third-order valence-electron chi connectivity index (χ3n) is 5.29. The van der Waals surface area contributed by atoms with Crippen LogP contribution in [0.25, 0.3) is 0 Å². The van der Waals surface area contributed by atoms with Gasteiger partial charge in [0, 0.05) is 30.3 Å². The van der Waals surface area contributed by atoms with Crippen molar-refractivity contribution in [3.8, 4) is 0 Å². The number of likely N-dealkylation sites (tertiary alicyclic amines) is 1. The number of ether oxygens (including phenoxy) is 1. The lowest BCUT2D eigenvalue weighted by molar-refractivity contribution is -0.124. The van der Waals surface area contributed by atoms with E-state index in [0.717, 1.165) is 18.4 Å². The van der Waals surface area contributed by atoms with E-state index in [9.17, 15) is 9.59 Å². The summed E-state index contributed by atoms with van der Waals surface area (Å²) in [5, 5.41) is 0.611. The molecule has 0 saturated carbocycles. The first kappa shape index (κ1) is 17.2. The van der Waals surface area contributed by atoms with Gasteiger partial charge in [-0.3, -0.25) is 9.59 Å². The summed E-state index contributed by atoms with van der Waals surface area (Å²) in [5.41, 5.74) is 6.96. The minimum Gasteiger partial charge on any atom is -0.377 e. The van der Waals surface area contributed by atoms with Crippen LogP contribution in [0.15, 0.2) is 18.2 Å². The number of primary amides is 1. The van der Waals surface area contributed by atoms with E-state index in [1.54, 1.807) is 12.1 Å². The molecule has 2 saturated heterocycles. The molecule has 24 heavy (non-hydrogen) atoms. The highest BCUT2D eigenvalue weighted by atomic mass is 35.5. The third kappa shape index (κ3) is 3.28. The number of carbonyl (C=O) groups is 2. The molecule has 2 aliphatic heterocycles. The molecule has 130 valence electrons. The lowest BCUT2D eigenvalue weighted by Crippen LogP contribution is -2.44. The molecule has 2 fully saturated rings. The summed E-state index contributed by atoms with van der Waals surface area (Å²) >= 11 is 6.12. The number of amides is 2. The largest absolute Gasteiger partial charge is 0.377 e. The second-order valence-corrected chi connectivity index (χ2v) is 7.08. The van der Waals surface area contributed by atoms with E-state index in [-0.39, 0.29) is 29.8 Å². The van der Waals surface area contributed by atoms with Crippen molar-refractivity contribution in [2.75, 3.05) is 19.7 Å². The molecule has 3 rings (SSSR count). The van der Waals surface area contributed by atoms with Crippen molar-refractivity contribution in [2.45, 2.75) is 32.3 Å². The monoisotopic (exact) mass is 350 g/mol. The molecule has 2 N–H and O–H groups in total. The number of nitrogens with two attached hydrogens (primary N) is 1. The van der Waals surface area contributed by atoms with Gasteiger partial charge in [0.25, 0.3) is 5.91 Å². The van der Waals surface area contributed by atoms with Crippen LogP contribution in [0.3, 0.4) is 0 Å². The number of benzene rings is 1. The Morgan fingerprint density at radius 1 is 1.25 bits per heavy atom. The molecule has 0 spiro atoms. The normalized spacial score (nSPS) is 25.0. The molecule has 0 radical (unpaired) electrons. The fourth-order valence-corrected chi connectivity index (χ4v) is 4.00. The van der Waals surface area contributed by atoms with Gasteiger partial charge in [0.05, 0.1) is 12.0 Å². The van der Waals surface area contributed by atoms with Gasteiger partial charge in [-0.2, -0.15) is 0 Å². The zero-order chi connectivity index (χ0) is 17.3. The minimum atomic E-state index is -0.273. The summed E-state index contributed by atoms with van der Waals surface area (Å²) in [6, 6.07) is 5.42. The summed E-state index contributed by atoms with van der Waals surface area (Å²) in [6.45, 7) is 3.80. The molecule has 0 bridgehead atoms. The highest BCUT2D eigenvalue weighted by Gasteiger charge is 2.40. The highest BCUT2D eigenvalue weighted by molar-refractivity contribution is 6.31. The molecule has 1 aromatic rings. The average molecular weight is 351 g/mol. The first-order valence-corrected chi connectivity index (χ1v) is 8.82. The standard InChI is InChI=1S/C18H23ClN2O3/c1-11-13(3-2-4-15(11)19)18(23)21-8-5-12(6-9-21)16-14(17(20)22)7-10-24-16/h2-4,12,14,16H,5-10H2,1H3,(H2,20,22)/t14-,16+/m0/s1. The molecule has 0 aliphatic carbocycles. The Kier molecular flexibility index (Phi) is 5.11. The SMILES string of the molecule is Cc1c(Cl)cccc1C(=O)N1CCC([C@H]2OCC[C@@H]2C(N)=O)CC1. The molecule has 6 heteroatoms. The van der Waals surface area contributed by atoms with Crippen LogP contribution in [0.1, 0.15) is 35.2 Å². The minimum absolute atomic E-state index is 0.0206. The molecule has 2 heterocycles. The topological polar surface area (TPSA) is 72.6 Å². The highest BCUT2D eigenvalue weighted by Crippen LogP contribution is 2.33. The lowest BCUT2D eigenvalue weighted by atomic mass is 9.84. The zero-order valence-electron chi connectivity index (χ0n) is 13.8. The Balaban J connectivity index is 1.64. The molecule has 2 amide bonds. The summed E-state index contributed by atoms with van der Waals surface area (Å²) in [5.74, 6) is -0.153. The summed E-state index contributed by atoms with van der Waals surface area (Å²) < 4.78 is 5.76. The van der Waals surface area contributed by atoms with Crippen molar-refractivity contribution in [2.24, 2.45) is 17.6 Å². The van der Waals surface area contributed by atoms with Gasteiger partial charge in [-0.25, -0.2) is 0 Å². The maximum Gasteiger partial charge on any atom is 0.254 e. The van der Waals surface area contributed by atoms with Crippen LogP contribution >= 0.6 is 11.6 Å². The van der Waals surface area contributed by atoms with Crippen molar-refractivity contribution >= 4 is 23.4 Å². The number of halogens is 1. The molecule has 0 aromatic heterocycles. The van der Waals surface area contributed by atoms with Gasteiger partial charge >= 0.3 is 0 Å². The zero-order valence-corrected chi connectivity index (χ0v) is 14.6. The second kappa shape index (κ2) is 7.11. The fourth-order valence-electron chi connectivity index (χ4n) is 3.82. The van der Waals surface area contributed by atoms with Crippen molar-refractivity contribution in [3.05, 3.63) is 34.3 Å². The van der Waals surface area contributed by atoms with Gasteiger partial charge in [0.1, 0.15) is 0 Å². The van der Waals surface area contributed by atoms with Gasteiger partial charge in [0.2, 0.25) is 5.91 Å². The summed E-state index contributed by atoms with van der Waals surface area (Å²) in [4.78, 5) is 26.1. The van der Waals surface area contributed by atoms with Crippen LogP contribution in [0, 0.1) is 18.8 Å². The van der Waals surface area contributed by atoms with E-state index in [0.29, 0.717) is 36.7 Å². The Bertz CT molecular complexity index is 641. The molecule has 2 atom stereocenters. The van der Waals surface area contributed by atoms with E-state index in [2.05, 4.69) is 0 Å². The number of carbonyl (C=O) groups excluding carboxylic acids is 2. The quantitative estimate of drug-likeness (QED) is 0.909. The fraction of sp³-hybridized carbons (Fsp3) is 0.556. The third-order valence-corrected chi connectivity index (χ3v) is 5.70. The number of rotatable bonds is 3. The van der Waals surface area contributed by atoms with Gasteiger partial charge in [-0.15, -0.1) is 0 Å². The molecule has 5 nitrogen and oxygen atoms in total. The van der Waals surface area contributed by atoms with E-state index in [1.165, 1.54) is 0 Å². The second-order valence-electron chi connectivity index (χ2n) is 6.67. The number of piperidine rings is 1. The number of hydrogen-bond acceptors (Lipinski definition) is 3. The summed E-state index contributed by atoms with van der Waals surface area (Å²) in [6.07, 6.45) is 2.29. The molecule has 1 aromatic carbocycles. The maximum absolute atomic E-state index is 12.7. The molecular formula is C18H23ClN2O3. The van der Waals surface area contributed by atoms with Crippen LogP contribution in [-0.4, -0.2) is 42.5 Å². The average Bonchev–Trinajstić information content (AvgIpc) is 3.07. The van der Waals surface area contributed by atoms with Crippen LogP contribution in [0.5, 0.6) is 0 Å². The smallest absolute Gasteiger partial charge is 0.254 e. The Hall–Kier alpha value is -1.59. The van der Waals surface area contributed by atoms with Crippen molar-refractivity contribution in [1.82, 2.24) is 4.90 Å². The predicted octanol–water partition coefficient (Wildman–Crippen LogP) is 2.39. The Morgan fingerprint density at radius 3 is 2.62 bits per heavy atom. The maximum atomic E-state index is 12.7. The Labute approximate surface area is 147 Å². The summed E-state index contributed by atoms with van der Waals surface area (Å²) in [7, 11) is 0. The van der Waals surface area contributed by atoms with Crippen LogP contribution in [0.2, 0.25) is 5.02 Å². The first-order chi connectivity index (χ1) is 11.5. The van der Waals surface area contributed by atoms with E-state index >= 15 is 0 Å². The molecule has 0 unspecified atom stereocenters. The van der Waals surface area contributed by atoms with E-state index in [1.807, 2.05) is 17.9 Å². The van der Waals surface area contributed by atoms with E-state index in [4.69, 9.17) is 22.1 Å². The Morgan fingerprint density at radius 2 is 1.96 bits per heavy atom. The van der Waals surface area contributed by atoms with Crippen LogP contribution < -0.4 is 5.73 Å². The van der Waals surface area contributed by atoms with Crippen LogP contribution in [0.4, 0.5) is 0 Å². The number of nitrogens with zero attached hydrogens (tertiary/aromatic N) is 1. The van der Waals surface area contributed by atoms with Gasteiger partial charge in [-0.1, -0.05) is 17.7 Å². The van der Waals surface area contributed by atoms with Crippen molar-refractivity contribution < 1.29 is 14.3 Å². The lowest BCUT2D eigenvalue weighted by Gasteiger charge is -2.36. The molecule has 2 aliphatic rings. The number of hydrogen-bond donors (Lipinski definition) is 1.